The Kier molecular flexibility index (Phi) is 8.41. The molecule has 7 heteroatoms. The van der Waals surface area contributed by atoms with Crippen LogP contribution in [0.2, 0.25) is 5.02 Å². The number of carbonyl (C=O) groups is 2. The topological polar surface area (TPSA) is 55.4 Å². The molecule has 4 nitrogen and oxygen atoms in total. The van der Waals surface area contributed by atoms with Gasteiger partial charge in [-0.05, 0) is 37.8 Å². The molecule has 0 heterocycles. The minimum Gasteiger partial charge on any atom is -0.462 e. The van der Waals surface area contributed by atoms with Gasteiger partial charge in [-0.1, -0.05) is 39.3 Å². The Morgan fingerprint density at radius 1 is 1.31 bits per heavy atom. The van der Waals surface area contributed by atoms with Crippen LogP contribution in [0.5, 0.6) is 0 Å². The third-order valence-electron chi connectivity index (χ3n) is 3.51. The van der Waals surface area contributed by atoms with Gasteiger partial charge >= 0.3 is 5.97 Å². The molecule has 0 aliphatic heterocycles. The van der Waals surface area contributed by atoms with Gasteiger partial charge in [0.05, 0.1) is 16.8 Å². The summed E-state index contributed by atoms with van der Waals surface area (Å²) in [5, 5.41) is 2.25. The number of anilines is 1. The van der Waals surface area contributed by atoms with Gasteiger partial charge in [-0.25, -0.2) is 4.39 Å². The first kappa shape index (κ1) is 22.8. The average Bonchev–Trinajstić information content (AvgIpc) is 2.49. The summed E-state index contributed by atoms with van der Waals surface area (Å²) in [6.45, 7) is 11.2. The molecule has 0 saturated carbocycles. The Bertz CT molecular complexity index is 661. The van der Waals surface area contributed by atoms with Crippen molar-refractivity contribution < 1.29 is 18.7 Å². The van der Waals surface area contributed by atoms with Crippen molar-refractivity contribution in [3.05, 3.63) is 23.0 Å². The zero-order valence-corrected chi connectivity index (χ0v) is 17.7. The fourth-order valence-corrected chi connectivity index (χ4v) is 3.18. The third-order valence-corrected chi connectivity index (χ3v) is 5.08. The van der Waals surface area contributed by atoms with Crippen molar-refractivity contribution in [2.45, 2.75) is 70.6 Å². The normalized spacial score (nSPS) is 13.8. The van der Waals surface area contributed by atoms with Crippen LogP contribution in [0.4, 0.5) is 10.1 Å². The van der Waals surface area contributed by atoms with Crippen molar-refractivity contribution in [2.75, 3.05) is 5.32 Å². The summed E-state index contributed by atoms with van der Waals surface area (Å²) in [4.78, 5) is 24.7. The van der Waals surface area contributed by atoms with Gasteiger partial charge < -0.3 is 10.1 Å². The molecule has 1 aromatic rings. The molecule has 0 saturated heterocycles. The second kappa shape index (κ2) is 9.60. The van der Waals surface area contributed by atoms with E-state index in [2.05, 4.69) is 5.32 Å². The number of nitrogens with one attached hydrogen (secondary N) is 1. The smallest absolute Gasteiger partial charge is 0.319 e. The Morgan fingerprint density at radius 3 is 2.46 bits per heavy atom. The molecular weight excluding hydrogens is 377 g/mol. The summed E-state index contributed by atoms with van der Waals surface area (Å²) in [7, 11) is 0. The van der Waals surface area contributed by atoms with Crippen LogP contribution in [0.25, 0.3) is 0 Å². The van der Waals surface area contributed by atoms with Crippen LogP contribution in [0.3, 0.4) is 0 Å². The molecule has 0 aliphatic rings. The van der Waals surface area contributed by atoms with E-state index >= 15 is 0 Å². The molecule has 26 heavy (non-hydrogen) atoms. The number of hydrogen-bond donors (Lipinski definition) is 1. The van der Waals surface area contributed by atoms with Gasteiger partial charge in [0, 0.05) is 11.3 Å². The number of ether oxygens (including phenoxy) is 1. The van der Waals surface area contributed by atoms with Crippen molar-refractivity contribution in [3.8, 4) is 0 Å². The first-order valence-electron chi connectivity index (χ1n) is 8.59. The predicted octanol–water partition coefficient (Wildman–Crippen LogP) is 5.68. The zero-order valence-electron chi connectivity index (χ0n) is 16.1. The SMILES string of the molecule is CCC(C)OC(=O)C(C)Sc1cc(NC(=O)CC(C)(C)C)c(F)cc1Cl. The van der Waals surface area contributed by atoms with E-state index in [1.54, 1.807) is 6.92 Å². The number of benzene rings is 1. The largest absolute Gasteiger partial charge is 0.462 e. The summed E-state index contributed by atoms with van der Waals surface area (Å²) >= 11 is 7.27. The maximum atomic E-state index is 14.1. The molecule has 0 aliphatic carbocycles. The van der Waals surface area contributed by atoms with Gasteiger partial charge in [0.15, 0.2) is 0 Å². The monoisotopic (exact) mass is 403 g/mol. The van der Waals surface area contributed by atoms with Gasteiger partial charge in [0.1, 0.15) is 11.1 Å². The lowest BCUT2D eigenvalue weighted by molar-refractivity contribution is -0.147. The first-order chi connectivity index (χ1) is 11.9. The van der Waals surface area contributed by atoms with Gasteiger partial charge in [-0.3, -0.25) is 9.59 Å². The Balaban J connectivity index is 2.90. The number of esters is 1. The minimum absolute atomic E-state index is 0.0497. The highest BCUT2D eigenvalue weighted by molar-refractivity contribution is 8.00. The van der Waals surface area contributed by atoms with E-state index < -0.39 is 11.1 Å². The fraction of sp³-hybridized carbons (Fsp3) is 0.579. The third kappa shape index (κ3) is 7.54. The van der Waals surface area contributed by atoms with E-state index in [1.165, 1.54) is 17.8 Å². The molecule has 146 valence electrons. The average molecular weight is 404 g/mol. The quantitative estimate of drug-likeness (QED) is 0.470. The fourth-order valence-electron chi connectivity index (χ4n) is 2.01. The predicted molar refractivity (Wildman–Crippen MR) is 105 cm³/mol. The highest BCUT2D eigenvalue weighted by atomic mass is 35.5. The van der Waals surface area contributed by atoms with Gasteiger partial charge in [-0.2, -0.15) is 0 Å². The Hall–Kier alpha value is -1.27. The molecule has 0 fully saturated rings. The number of rotatable bonds is 7. The van der Waals surface area contributed by atoms with Gasteiger partial charge in [0.2, 0.25) is 5.91 Å². The first-order valence-corrected chi connectivity index (χ1v) is 9.84. The van der Waals surface area contributed by atoms with Crippen LogP contribution in [-0.4, -0.2) is 23.2 Å². The molecule has 2 atom stereocenters. The number of carbonyl (C=O) groups excluding carboxylic acids is 2. The van der Waals surface area contributed by atoms with Crippen LogP contribution < -0.4 is 5.32 Å². The number of halogens is 2. The Labute approximate surface area is 164 Å². The van der Waals surface area contributed by atoms with Crippen molar-refractivity contribution in [3.63, 3.8) is 0 Å². The lowest BCUT2D eigenvalue weighted by atomic mass is 9.92. The summed E-state index contributed by atoms with van der Waals surface area (Å²) in [5.41, 5.74) is -0.160. The molecule has 2 unspecified atom stereocenters. The van der Waals surface area contributed by atoms with E-state index in [0.29, 0.717) is 4.90 Å². The highest BCUT2D eigenvalue weighted by Gasteiger charge is 2.22. The van der Waals surface area contributed by atoms with Crippen molar-refractivity contribution in [2.24, 2.45) is 5.41 Å². The number of hydrogen-bond acceptors (Lipinski definition) is 4. The summed E-state index contributed by atoms with van der Waals surface area (Å²) in [5.74, 6) is -1.25. The molecule has 1 amide bonds. The van der Waals surface area contributed by atoms with Crippen LogP contribution in [0, 0.1) is 11.2 Å². The van der Waals surface area contributed by atoms with Gasteiger partial charge in [-0.15, -0.1) is 11.8 Å². The van der Waals surface area contributed by atoms with Crippen molar-refractivity contribution in [1.29, 1.82) is 0 Å². The van der Waals surface area contributed by atoms with Crippen LogP contribution in [-0.2, 0) is 14.3 Å². The summed E-state index contributed by atoms with van der Waals surface area (Å²) in [6.07, 6.45) is 0.820. The second-order valence-electron chi connectivity index (χ2n) is 7.46. The van der Waals surface area contributed by atoms with E-state index in [0.717, 1.165) is 12.5 Å². The maximum Gasteiger partial charge on any atom is 0.319 e. The van der Waals surface area contributed by atoms with E-state index in [9.17, 15) is 14.0 Å². The van der Waals surface area contributed by atoms with Crippen LogP contribution in [0.15, 0.2) is 17.0 Å². The van der Waals surface area contributed by atoms with Crippen molar-refractivity contribution in [1.82, 2.24) is 0 Å². The Morgan fingerprint density at radius 2 is 1.92 bits per heavy atom. The summed E-state index contributed by atoms with van der Waals surface area (Å²) < 4.78 is 19.4. The molecule has 0 spiro atoms. The molecule has 0 aromatic heterocycles. The lowest BCUT2D eigenvalue weighted by Gasteiger charge is -2.18. The van der Waals surface area contributed by atoms with Crippen LogP contribution in [0.1, 0.15) is 54.4 Å². The van der Waals surface area contributed by atoms with Gasteiger partial charge in [0.25, 0.3) is 0 Å². The van der Waals surface area contributed by atoms with Crippen molar-refractivity contribution >= 4 is 40.9 Å². The maximum absolute atomic E-state index is 14.1. The molecule has 0 radical (unpaired) electrons. The number of amides is 1. The zero-order chi connectivity index (χ0) is 20.1. The van der Waals surface area contributed by atoms with E-state index in [-0.39, 0.29) is 40.5 Å². The highest BCUT2D eigenvalue weighted by Crippen LogP contribution is 2.35. The molecule has 1 rings (SSSR count). The minimum atomic E-state index is -0.614. The molecule has 1 N–H and O–H groups in total. The molecule has 1 aromatic carbocycles. The second-order valence-corrected chi connectivity index (χ2v) is 9.25. The summed E-state index contributed by atoms with van der Waals surface area (Å²) in [6, 6.07) is 2.60. The molecular formula is C19H27ClFNO3S. The lowest BCUT2D eigenvalue weighted by Crippen LogP contribution is -2.22. The van der Waals surface area contributed by atoms with E-state index in [1.807, 2.05) is 34.6 Å². The number of thioether (sulfide) groups is 1. The van der Waals surface area contributed by atoms with Crippen LogP contribution >= 0.6 is 23.4 Å². The van der Waals surface area contributed by atoms with E-state index in [4.69, 9.17) is 16.3 Å². The molecule has 0 bridgehead atoms. The standard InChI is InChI=1S/C19H27ClFNO3S/c1-7-11(2)25-18(24)12(3)26-16-9-15(14(21)8-13(16)20)22-17(23)10-19(4,5)6/h8-9,11-12H,7,10H2,1-6H3,(H,22,23).